The van der Waals surface area contributed by atoms with Crippen LogP contribution in [-0.2, 0) is 59.5 Å². The summed E-state index contributed by atoms with van der Waals surface area (Å²) in [6, 6.07) is 18.4. The molecule has 11 rings (SSSR count). The van der Waals surface area contributed by atoms with E-state index in [1.54, 1.807) is 78.6 Å². The zero-order chi connectivity index (χ0) is 46.0. The number of methoxy groups -OCH3 is 2. The molecule has 0 spiro atoms. The number of hydrogen-bond donors (Lipinski definition) is 0. The fraction of sp³-hybridized carbons (Fsp3) is 0.327. The van der Waals surface area contributed by atoms with Crippen LogP contribution in [0.15, 0.2) is 114 Å². The Morgan fingerprint density at radius 3 is 1.85 bits per heavy atom. The van der Waals surface area contributed by atoms with Crippen LogP contribution < -0.4 is 20.6 Å². The summed E-state index contributed by atoms with van der Waals surface area (Å²) in [5, 5.41) is 0.961. The maximum atomic E-state index is 13.4. The molecule has 67 heavy (non-hydrogen) atoms. The molecule has 0 saturated carbocycles. The second-order valence-electron chi connectivity index (χ2n) is 16.7. The van der Waals surface area contributed by atoms with Crippen molar-refractivity contribution in [3.8, 4) is 11.5 Å². The fourth-order valence-electron chi connectivity index (χ4n) is 9.55. The number of imidazole rings is 1. The number of carbonyl (C=O) groups excluding carboxylic acids is 2. The van der Waals surface area contributed by atoms with Crippen molar-refractivity contribution in [2.24, 2.45) is 11.8 Å². The van der Waals surface area contributed by atoms with Gasteiger partial charge in [0.25, 0.3) is 11.1 Å². The minimum Gasteiger partial charge on any atom is -0.493 e. The first-order valence-corrected chi connectivity index (χ1v) is 22.4. The quantitative estimate of drug-likeness (QED) is 0.142. The van der Waals surface area contributed by atoms with Gasteiger partial charge in [0.2, 0.25) is 17.6 Å². The zero-order valence-corrected chi connectivity index (χ0v) is 37.0. The van der Waals surface area contributed by atoms with E-state index in [1.807, 2.05) is 53.2 Å². The lowest BCUT2D eigenvalue weighted by Crippen LogP contribution is -2.37. The number of rotatable bonds is 14. The van der Waals surface area contributed by atoms with Gasteiger partial charge in [0.15, 0.2) is 22.8 Å². The molecule has 0 N–H and O–H groups in total. The van der Waals surface area contributed by atoms with Crippen LogP contribution in [0.3, 0.4) is 0 Å². The molecular weight excluding hydrogens is 855 g/mol. The van der Waals surface area contributed by atoms with E-state index >= 15 is 0 Å². The Morgan fingerprint density at radius 2 is 1.22 bits per heavy atom. The summed E-state index contributed by atoms with van der Waals surface area (Å²) in [6.07, 6.45) is 16.5. The number of amides is 2. The number of aryl methyl sites for hydroxylation is 4. The highest BCUT2D eigenvalue weighted by Gasteiger charge is 2.62. The van der Waals surface area contributed by atoms with Gasteiger partial charge < -0.3 is 14.2 Å². The maximum Gasteiger partial charge on any atom is 0.263 e. The Bertz CT molecular complexity index is 3200. The lowest BCUT2D eigenvalue weighted by molar-refractivity contribution is -0.142. The minimum atomic E-state index is -0.371. The molecule has 18 heteroatoms. The molecule has 1 aromatic carbocycles. The molecule has 0 aliphatic carbocycles. The van der Waals surface area contributed by atoms with E-state index < -0.39 is 0 Å². The van der Waals surface area contributed by atoms with Crippen molar-refractivity contribution in [2.75, 3.05) is 20.8 Å². The fourth-order valence-corrected chi connectivity index (χ4v) is 9.55. The molecule has 10 heterocycles. The number of pyridine rings is 3. The Hall–Kier alpha value is -7.73. The summed E-state index contributed by atoms with van der Waals surface area (Å²) in [6.45, 7) is 1.08. The highest BCUT2D eigenvalue weighted by atomic mass is 16.5. The Kier molecular flexibility index (Phi) is 12.0. The van der Waals surface area contributed by atoms with E-state index in [2.05, 4.69) is 29.9 Å². The Morgan fingerprint density at radius 1 is 0.612 bits per heavy atom. The van der Waals surface area contributed by atoms with Gasteiger partial charge in [0, 0.05) is 75.9 Å². The van der Waals surface area contributed by atoms with Crippen molar-refractivity contribution in [1.82, 2.24) is 53.3 Å². The number of benzene rings is 1. The van der Waals surface area contributed by atoms with Gasteiger partial charge in [0.1, 0.15) is 11.6 Å². The van der Waals surface area contributed by atoms with Crippen LogP contribution in [0.25, 0.3) is 27.8 Å². The van der Waals surface area contributed by atoms with Gasteiger partial charge in [-0.1, -0.05) is 6.07 Å². The lowest BCUT2D eigenvalue weighted by Gasteiger charge is -2.19. The van der Waals surface area contributed by atoms with E-state index in [9.17, 15) is 19.2 Å². The molecule has 8 aromatic rings. The van der Waals surface area contributed by atoms with E-state index in [1.165, 1.54) is 4.90 Å². The summed E-state index contributed by atoms with van der Waals surface area (Å²) in [5.74, 6) is 2.04. The molecule has 3 aliphatic heterocycles. The molecule has 4 unspecified atom stereocenters. The second-order valence-corrected chi connectivity index (χ2v) is 16.7. The first-order valence-electron chi connectivity index (χ1n) is 22.4. The van der Waals surface area contributed by atoms with Crippen molar-refractivity contribution < 1.29 is 23.8 Å². The van der Waals surface area contributed by atoms with Gasteiger partial charge in [-0.25, -0.2) is 29.9 Å². The molecule has 2 bridgehead atoms. The molecule has 7 aromatic heterocycles. The molecule has 0 radical (unpaired) electrons. The number of hydrogen-bond acceptors (Lipinski definition) is 14. The van der Waals surface area contributed by atoms with Crippen LogP contribution in [0.2, 0.25) is 0 Å². The van der Waals surface area contributed by atoms with Gasteiger partial charge in [-0.15, -0.1) is 0 Å². The first kappa shape index (κ1) is 43.2. The Labute approximate surface area is 383 Å². The van der Waals surface area contributed by atoms with Gasteiger partial charge in [0.05, 0.1) is 54.7 Å². The normalized spacial score (nSPS) is 18.4. The van der Waals surface area contributed by atoms with E-state index in [-0.39, 0.29) is 59.9 Å². The molecule has 3 aliphatic rings. The predicted octanol–water partition coefficient (Wildman–Crippen LogP) is 4.01. The number of fused-ring (bicyclic) bond motifs is 8. The van der Waals surface area contributed by atoms with Crippen LogP contribution in [0.5, 0.6) is 11.5 Å². The summed E-state index contributed by atoms with van der Waals surface area (Å²) in [5.41, 5.74) is 3.58. The molecule has 4 atom stereocenters. The lowest BCUT2D eigenvalue weighted by atomic mass is 9.81. The molecule has 340 valence electrons. The third kappa shape index (κ3) is 8.51. The topological polar surface area (TPSA) is 204 Å². The Balaban J connectivity index is 0.000000160. The number of aromatic nitrogens is 10. The third-order valence-corrected chi connectivity index (χ3v) is 12.9. The summed E-state index contributed by atoms with van der Waals surface area (Å²) < 4.78 is 21.8. The van der Waals surface area contributed by atoms with Crippen molar-refractivity contribution in [1.29, 1.82) is 0 Å². The van der Waals surface area contributed by atoms with Gasteiger partial charge in [-0.3, -0.25) is 42.6 Å². The first-order chi connectivity index (χ1) is 32.8. The zero-order valence-electron chi connectivity index (χ0n) is 37.0. The van der Waals surface area contributed by atoms with Crippen LogP contribution >= 0.6 is 0 Å². The van der Waals surface area contributed by atoms with Crippen molar-refractivity contribution >= 4 is 39.7 Å². The average molecular weight is 902 g/mol. The smallest absolute Gasteiger partial charge is 0.263 e. The van der Waals surface area contributed by atoms with Crippen LogP contribution in [0, 0.1) is 11.8 Å². The summed E-state index contributed by atoms with van der Waals surface area (Å²) in [4.78, 5) is 84.9. The van der Waals surface area contributed by atoms with Gasteiger partial charge in [-0.2, -0.15) is 0 Å². The SMILES string of the molecule is COc1ccc(CCn2c(CCN3C(=O)C4C5CCC(O5)C4C3=O)nc3ncccc3c2=O)cc1OC.O=c1c2cccnc2nc(CCc2cn3cccnc3n2)n1CCc1ccncc1. The van der Waals surface area contributed by atoms with Crippen molar-refractivity contribution in [3.63, 3.8) is 0 Å². The number of likely N-dealkylation sites (tertiary alicyclic amines) is 1. The average Bonchev–Trinajstić information content (AvgIpc) is 4.16. The van der Waals surface area contributed by atoms with Crippen LogP contribution in [0.1, 0.15) is 41.3 Å². The second kappa shape index (κ2) is 18.6. The molecular formula is C49H47N11O7. The minimum absolute atomic E-state index is 0.0613. The highest BCUT2D eigenvalue weighted by Crippen LogP contribution is 2.48. The molecule has 2 amide bonds. The molecule has 3 saturated heterocycles. The third-order valence-electron chi connectivity index (χ3n) is 12.9. The van der Waals surface area contributed by atoms with Crippen LogP contribution in [-0.4, -0.2) is 98.1 Å². The van der Waals surface area contributed by atoms with Crippen LogP contribution in [0.4, 0.5) is 0 Å². The number of imide groups is 1. The largest absolute Gasteiger partial charge is 0.493 e. The molecule has 3 fully saturated rings. The number of ether oxygens (including phenoxy) is 3. The monoisotopic (exact) mass is 901 g/mol. The highest BCUT2D eigenvalue weighted by molar-refractivity contribution is 6.06. The van der Waals surface area contributed by atoms with Crippen molar-refractivity contribution in [2.45, 2.75) is 70.2 Å². The molecule has 18 nitrogen and oxygen atoms in total. The van der Waals surface area contributed by atoms with Gasteiger partial charge >= 0.3 is 0 Å². The number of nitrogens with zero attached hydrogens (tertiary/aromatic N) is 11. The summed E-state index contributed by atoms with van der Waals surface area (Å²) >= 11 is 0. The standard InChI is InChI=1S/C27H28N4O6.C22H19N7O/c1-35-17-6-5-15(14-20(17)36-2)9-12-30-21(29-24-16(25(30)32)4-3-11-28-24)10-13-31-26(33)22-18-7-8-19(37-18)23(22)27(31)34;30-21-18-3-1-9-24-20(18)27-19(29(21)14-8-16-6-11-23-12-7-16)5-4-17-15-28-13-2-10-25-22(28)26-17/h3-6,11,14,18-19,22-23H,7-10,12-13H2,1-2H3;1-3,6-7,9-13,15H,4-5,8,14H2. The van der Waals surface area contributed by atoms with E-state index in [0.717, 1.165) is 36.1 Å². The number of carbonyl (C=O) groups is 2. The van der Waals surface area contributed by atoms with E-state index in [4.69, 9.17) is 19.2 Å². The van der Waals surface area contributed by atoms with E-state index in [0.29, 0.717) is 83.3 Å². The van der Waals surface area contributed by atoms with Crippen molar-refractivity contribution in [3.05, 3.63) is 153 Å². The summed E-state index contributed by atoms with van der Waals surface area (Å²) in [7, 11) is 3.16. The maximum absolute atomic E-state index is 13.4. The van der Waals surface area contributed by atoms with Gasteiger partial charge in [-0.05, 0) is 97.8 Å². The predicted molar refractivity (Wildman–Crippen MR) is 244 cm³/mol.